The van der Waals surface area contributed by atoms with Crippen LogP contribution in [0.25, 0.3) is 0 Å². The molecule has 0 bridgehead atoms. The van der Waals surface area contributed by atoms with Crippen LogP contribution in [-0.4, -0.2) is 35.5 Å². The lowest BCUT2D eigenvalue weighted by atomic mass is 9.88. The molecule has 0 aromatic heterocycles. The van der Waals surface area contributed by atoms with Gasteiger partial charge in [-0.3, -0.25) is 0 Å². The maximum Gasteiger partial charge on any atom is 0.0607 e. The van der Waals surface area contributed by atoms with Gasteiger partial charge in [0.1, 0.15) is 0 Å². The number of hydrogen-bond acceptors (Lipinski definition) is 3. The summed E-state index contributed by atoms with van der Waals surface area (Å²) in [5.74, 6) is 0. The summed E-state index contributed by atoms with van der Waals surface area (Å²) in [6, 6.07) is 6.56. The molecule has 4 heteroatoms. The molecule has 0 aliphatic heterocycles. The van der Waals surface area contributed by atoms with Crippen LogP contribution in [0.5, 0.6) is 0 Å². The quantitative estimate of drug-likeness (QED) is 0.784. The van der Waals surface area contributed by atoms with Crippen LogP contribution < -0.4 is 5.32 Å². The van der Waals surface area contributed by atoms with E-state index in [0.717, 1.165) is 23.7 Å². The molecule has 17 heavy (non-hydrogen) atoms. The molecule has 1 aliphatic carbocycles. The normalized spacial score (nSPS) is 19.4. The average Bonchev–Trinajstić information content (AvgIpc) is 2.36. The number of rotatable bonds is 4. The number of aryl methyl sites for hydroxylation is 1. The van der Waals surface area contributed by atoms with Crippen molar-refractivity contribution in [1.82, 2.24) is 5.32 Å². The van der Waals surface area contributed by atoms with Crippen molar-refractivity contribution in [2.24, 2.45) is 0 Å². The van der Waals surface area contributed by atoms with Gasteiger partial charge in [0.2, 0.25) is 0 Å². The van der Waals surface area contributed by atoms with Crippen LogP contribution in [0.2, 0.25) is 0 Å². The minimum atomic E-state index is -0.197. The highest BCUT2D eigenvalue weighted by Gasteiger charge is 2.20. The number of benzene rings is 1. The minimum Gasteiger partial charge on any atom is -0.395 e. The van der Waals surface area contributed by atoms with E-state index in [2.05, 4.69) is 39.4 Å². The molecule has 0 saturated carbocycles. The van der Waals surface area contributed by atoms with Crippen molar-refractivity contribution >= 4 is 15.9 Å². The molecule has 0 saturated heterocycles. The second-order valence-corrected chi connectivity index (χ2v) is 5.50. The van der Waals surface area contributed by atoms with Crippen LogP contribution in [0.4, 0.5) is 0 Å². The number of fused-ring (bicyclic) bond motifs is 1. The first-order chi connectivity index (χ1) is 8.22. The first-order valence-corrected chi connectivity index (χ1v) is 6.77. The molecule has 1 unspecified atom stereocenters. The van der Waals surface area contributed by atoms with E-state index < -0.39 is 0 Å². The molecule has 1 atom stereocenters. The lowest BCUT2D eigenvalue weighted by Crippen LogP contribution is -2.45. The van der Waals surface area contributed by atoms with Crippen molar-refractivity contribution in [3.63, 3.8) is 0 Å². The number of aliphatic hydroxyl groups is 2. The third-order valence-corrected chi connectivity index (χ3v) is 3.80. The van der Waals surface area contributed by atoms with Crippen LogP contribution in [-0.2, 0) is 12.8 Å². The summed E-state index contributed by atoms with van der Waals surface area (Å²) in [4.78, 5) is 0. The zero-order valence-corrected chi connectivity index (χ0v) is 11.3. The van der Waals surface area contributed by atoms with Gasteiger partial charge in [0.15, 0.2) is 0 Å². The summed E-state index contributed by atoms with van der Waals surface area (Å²) in [7, 11) is 0. The Morgan fingerprint density at radius 3 is 2.76 bits per heavy atom. The van der Waals surface area contributed by atoms with Gasteiger partial charge in [-0.05, 0) is 42.5 Å². The third-order valence-electron chi connectivity index (χ3n) is 3.31. The molecule has 1 aromatic carbocycles. The van der Waals surface area contributed by atoms with E-state index in [9.17, 15) is 0 Å². The van der Waals surface area contributed by atoms with E-state index in [1.165, 1.54) is 11.1 Å². The monoisotopic (exact) mass is 299 g/mol. The highest BCUT2D eigenvalue weighted by atomic mass is 79.9. The second-order valence-electron chi connectivity index (χ2n) is 4.58. The summed E-state index contributed by atoms with van der Waals surface area (Å²) in [5.41, 5.74) is 2.77. The van der Waals surface area contributed by atoms with Gasteiger partial charge in [-0.25, -0.2) is 0 Å². The van der Waals surface area contributed by atoms with Crippen molar-refractivity contribution < 1.29 is 10.2 Å². The van der Waals surface area contributed by atoms with Gasteiger partial charge in [0.05, 0.1) is 19.3 Å². The smallest absolute Gasteiger partial charge is 0.0607 e. The van der Waals surface area contributed by atoms with Crippen molar-refractivity contribution in [1.29, 1.82) is 0 Å². The molecule has 3 N–H and O–H groups in total. The SMILES string of the molecule is OCC(CO)NC1CCc2cc(Br)ccc2C1. The Bertz CT molecular complexity index is 380. The minimum absolute atomic E-state index is 0.0137. The van der Waals surface area contributed by atoms with Crippen molar-refractivity contribution in [3.05, 3.63) is 33.8 Å². The largest absolute Gasteiger partial charge is 0.395 e. The van der Waals surface area contributed by atoms with Gasteiger partial charge in [0, 0.05) is 10.5 Å². The van der Waals surface area contributed by atoms with Crippen LogP contribution in [0.1, 0.15) is 17.5 Å². The van der Waals surface area contributed by atoms with E-state index in [1.54, 1.807) is 0 Å². The fourth-order valence-corrected chi connectivity index (χ4v) is 2.77. The number of nitrogens with one attached hydrogen (secondary N) is 1. The fourth-order valence-electron chi connectivity index (χ4n) is 2.36. The molecule has 94 valence electrons. The van der Waals surface area contributed by atoms with Crippen LogP contribution in [0, 0.1) is 0 Å². The van der Waals surface area contributed by atoms with Crippen molar-refractivity contribution in [2.75, 3.05) is 13.2 Å². The lowest BCUT2D eigenvalue weighted by molar-refractivity contribution is 0.159. The average molecular weight is 300 g/mol. The summed E-state index contributed by atoms with van der Waals surface area (Å²) >= 11 is 3.49. The molecule has 1 aliphatic rings. The molecule has 0 fully saturated rings. The zero-order valence-electron chi connectivity index (χ0n) is 9.69. The molecular weight excluding hydrogens is 282 g/mol. The van der Waals surface area contributed by atoms with Gasteiger partial charge in [0.25, 0.3) is 0 Å². The van der Waals surface area contributed by atoms with Gasteiger partial charge >= 0.3 is 0 Å². The predicted octanol–water partition coefficient (Wildman–Crippen LogP) is 1.25. The van der Waals surface area contributed by atoms with Gasteiger partial charge in [-0.2, -0.15) is 0 Å². The third kappa shape index (κ3) is 3.28. The first-order valence-electron chi connectivity index (χ1n) is 5.98. The topological polar surface area (TPSA) is 52.5 Å². The molecule has 0 spiro atoms. The highest BCUT2D eigenvalue weighted by Crippen LogP contribution is 2.24. The Labute approximate surface area is 110 Å². The van der Waals surface area contributed by atoms with E-state index in [4.69, 9.17) is 10.2 Å². The maximum atomic E-state index is 9.06. The van der Waals surface area contributed by atoms with E-state index in [-0.39, 0.29) is 19.3 Å². The Morgan fingerprint density at radius 1 is 1.29 bits per heavy atom. The van der Waals surface area contributed by atoms with Crippen molar-refractivity contribution in [2.45, 2.75) is 31.3 Å². The molecule has 2 rings (SSSR count). The first kappa shape index (κ1) is 13.0. The van der Waals surface area contributed by atoms with E-state index in [1.807, 2.05) is 0 Å². The summed E-state index contributed by atoms with van der Waals surface area (Å²) < 4.78 is 1.13. The van der Waals surface area contributed by atoms with Gasteiger partial charge in [-0.1, -0.05) is 22.0 Å². The van der Waals surface area contributed by atoms with Gasteiger partial charge in [-0.15, -0.1) is 0 Å². The molecular formula is C13H18BrNO2. The van der Waals surface area contributed by atoms with Crippen LogP contribution in [0.15, 0.2) is 22.7 Å². The van der Waals surface area contributed by atoms with Crippen molar-refractivity contribution in [3.8, 4) is 0 Å². The fraction of sp³-hybridized carbons (Fsp3) is 0.538. The Hall–Kier alpha value is -0.420. The molecule has 0 amide bonds. The number of hydrogen-bond donors (Lipinski definition) is 3. The summed E-state index contributed by atoms with van der Waals surface area (Å²) in [6.45, 7) is -0.0274. The van der Waals surface area contributed by atoms with Gasteiger partial charge < -0.3 is 15.5 Å². The van der Waals surface area contributed by atoms with Crippen LogP contribution in [0.3, 0.4) is 0 Å². The van der Waals surface area contributed by atoms with E-state index >= 15 is 0 Å². The molecule has 1 aromatic rings. The van der Waals surface area contributed by atoms with Crippen LogP contribution >= 0.6 is 15.9 Å². The predicted molar refractivity (Wildman–Crippen MR) is 71.1 cm³/mol. The molecule has 3 nitrogen and oxygen atoms in total. The standard InChI is InChI=1S/C13H18BrNO2/c14-11-3-1-10-6-12(4-2-9(10)5-11)15-13(7-16)8-17/h1,3,5,12-13,15-17H,2,4,6-8H2. The second kappa shape index (κ2) is 5.96. The Kier molecular flexibility index (Phi) is 4.56. The molecule has 0 radical (unpaired) electrons. The number of aliphatic hydroxyl groups excluding tert-OH is 2. The Balaban J connectivity index is 2.01. The summed E-state index contributed by atoms with van der Waals surface area (Å²) in [6.07, 6.45) is 3.08. The van der Waals surface area contributed by atoms with E-state index in [0.29, 0.717) is 6.04 Å². The number of halogens is 1. The Morgan fingerprint density at radius 2 is 2.06 bits per heavy atom. The lowest BCUT2D eigenvalue weighted by Gasteiger charge is -2.28. The summed E-state index contributed by atoms with van der Waals surface area (Å²) in [5, 5.41) is 21.4. The highest BCUT2D eigenvalue weighted by molar-refractivity contribution is 9.10. The maximum absolute atomic E-state index is 9.06. The zero-order chi connectivity index (χ0) is 12.3. The molecule has 0 heterocycles.